The fraction of sp³-hybridized carbons (Fsp3) is 0.455. The maximum absolute atomic E-state index is 4.43. The van der Waals surface area contributed by atoms with E-state index in [4.69, 9.17) is 0 Å². The summed E-state index contributed by atoms with van der Waals surface area (Å²) in [6, 6.07) is 4.02. The summed E-state index contributed by atoms with van der Waals surface area (Å²) < 4.78 is 2.79. The first-order valence-electron chi connectivity index (χ1n) is 5.55. The van der Waals surface area contributed by atoms with Gasteiger partial charge in [0.25, 0.3) is 0 Å². The molecule has 0 bridgehead atoms. The first-order valence-corrected chi connectivity index (χ1v) is 6.35. The molecule has 0 saturated carbocycles. The van der Waals surface area contributed by atoms with Gasteiger partial charge in [0.1, 0.15) is 4.60 Å². The molecule has 1 N–H and O–H groups in total. The lowest BCUT2D eigenvalue weighted by atomic mass is 9.96. The Bertz CT molecular complexity index is 507. The fourth-order valence-electron chi connectivity index (χ4n) is 2.30. The maximum Gasteiger partial charge on any atom is 0.156 e. The van der Waals surface area contributed by atoms with Crippen molar-refractivity contribution in [1.82, 2.24) is 19.9 Å². The van der Waals surface area contributed by atoms with Crippen molar-refractivity contribution in [1.29, 1.82) is 0 Å². The van der Waals surface area contributed by atoms with Crippen molar-refractivity contribution in [3.8, 4) is 0 Å². The van der Waals surface area contributed by atoms with Crippen LogP contribution in [-0.4, -0.2) is 27.7 Å². The lowest BCUT2D eigenvalue weighted by Crippen LogP contribution is -2.29. The Kier molecular flexibility index (Phi) is 4.01. The van der Waals surface area contributed by atoms with Crippen LogP contribution >= 0.6 is 28.3 Å². The van der Waals surface area contributed by atoms with Crippen molar-refractivity contribution < 1.29 is 0 Å². The quantitative estimate of drug-likeness (QED) is 0.878. The molecule has 0 radical (unpaired) electrons. The molecule has 0 spiro atoms. The van der Waals surface area contributed by atoms with Gasteiger partial charge in [0.05, 0.1) is 5.69 Å². The SMILES string of the molecule is Brc1cc2nccc(C3CCCNC3)n2n1.Cl. The zero-order chi connectivity index (χ0) is 11.0. The summed E-state index contributed by atoms with van der Waals surface area (Å²) in [5, 5.41) is 7.86. The monoisotopic (exact) mass is 316 g/mol. The number of rotatable bonds is 1. The Morgan fingerprint density at radius 3 is 3.12 bits per heavy atom. The van der Waals surface area contributed by atoms with E-state index in [1.54, 1.807) is 0 Å². The highest BCUT2D eigenvalue weighted by Crippen LogP contribution is 2.24. The van der Waals surface area contributed by atoms with Crippen LogP contribution in [0.15, 0.2) is 22.9 Å². The molecule has 0 aliphatic carbocycles. The van der Waals surface area contributed by atoms with Crippen LogP contribution in [0, 0.1) is 0 Å². The number of hydrogen-bond acceptors (Lipinski definition) is 3. The molecule has 1 aliphatic heterocycles. The van der Waals surface area contributed by atoms with Gasteiger partial charge in [-0.2, -0.15) is 5.10 Å². The second-order valence-electron chi connectivity index (χ2n) is 4.15. The van der Waals surface area contributed by atoms with Crippen molar-refractivity contribution in [2.45, 2.75) is 18.8 Å². The predicted octanol–water partition coefficient (Wildman–Crippen LogP) is 2.38. The van der Waals surface area contributed by atoms with Gasteiger partial charge in [-0.05, 0) is 41.4 Å². The first kappa shape index (κ1) is 12.8. The lowest BCUT2D eigenvalue weighted by molar-refractivity contribution is 0.448. The van der Waals surface area contributed by atoms with E-state index < -0.39 is 0 Å². The standard InChI is InChI=1S/C11H13BrN4.ClH/c12-10-6-11-14-5-3-9(16(11)15-10)8-2-1-4-13-7-8;/h3,5-6,8,13H,1-2,4,7H2;1H. The molecule has 3 heterocycles. The highest BCUT2D eigenvalue weighted by Gasteiger charge is 2.18. The summed E-state index contributed by atoms with van der Waals surface area (Å²) in [7, 11) is 0. The Hall–Kier alpha value is -0.650. The Balaban J connectivity index is 0.00000108. The Labute approximate surface area is 114 Å². The normalized spacial score (nSPS) is 20.2. The molecule has 1 aliphatic rings. The molecule has 2 aromatic heterocycles. The topological polar surface area (TPSA) is 42.2 Å². The number of aromatic nitrogens is 3. The van der Waals surface area contributed by atoms with Gasteiger partial charge in [-0.3, -0.25) is 0 Å². The fourth-order valence-corrected chi connectivity index (χ4v) is 2.66. The van der Waals surface area contributed by atoms with Crippen LogP contribution in [0.3, 0.4) is 0 Å². The minimum absolute atomic E-state index is 0. The van der Waals surface area contributed by atoms with E-state index in [1.165, 1.54) is 18.5 Å². The van der Waals surface area contributed by atoms with E-state index in [0.717, 1.165) is 23.3 Å². The minimum Gasteiger partial charge on any atom is -0.316 e. The van der Waals surface area contributed by atoms with Gasteiger partial charge in [0.15, 0.2) is 5.65 Å². The first-order chi connectivity index (χ1) is 7.84. The molecule has 1 fully saturated rings. The number of nitrogens with zero attached hydrogens (tertiary/aromatic N) is 3. The number of piperidine rings is 1. The summed E-state index contributed by atoms with van der Waals surface area (Å²) in [6.45, 7) is 2.17. The number of hydrogen-bond donors (Lipinski definition) is 1. The minimum atomic E-state index is 0. The third-order valence-electron chi connectivity index (χ3n) is 3.07. The van der Waals surface area contributed by atoms with Gasteiger partial charge < -0.3 is 5.32 Å². The molecule has 1 unspecified atom stereocenters. The number of halogens is 2. The molecule has 0 aromatic carbocycles. The largest absolute Gasteiger partial charge is 0.316 e. The van der Waals surface area contributed by atoms with Crippen LogP contribution in [0.25, 0.3) is 5.65 Å². The van der Waals surface area contributed by atoms with Gasteiger partial charge in [0, 0.05) is 24.7 Å². The molecule has 1 atom stereocenters. The van der Waals surface area contributed by atoms with Crippen molar-refractivity contribution in [3.63, 3.8) is 0 Å². The van der Waals surface area contributed by atoms with Crippen LogP contribution in [0.2, 0.25) is 0 Å². The predicted molar refractivity (Wildman–Crippen MR) is 72.8 cm³/mol. The van der Waals surface area contributed by atoms with Crippen molar-refractivity contribution in [3.05, 3.63) is 28.6 Å². The van der Waals surface area contributed by atoms with Crippen molar-refractivity contribution in [2.24, 2.45) is 0 Å². The second kappa shape index (κ2) is 5.33. The molecule has 4 nitrogen and oxygen atoms in total. The van der Waals surface area contributed by atoms with Crippen LogP contribution in [0.4, 0.5) is 0 Å². The molecule has 92 valence electrons. The van der Waals surface area contributed by atoms with E-state index in [1.807, 2.05) is 16.8 Å². The van der Waals surface area contributed by atoms with Gasteiger partial charge in [-0.15, -0.1) is 12.4 Å². The van der Waals surface area contributed by atoms with Crippen LogP contribution in [0.1, 0.15) is 24.5 Å². The molecule has 0 amide bonds. The zero-order valence-electron chi connectivity index (χ0n) is 9.27. The van der Waals surface area contributed by atoms with Gasteiger partial charge in [-0.25, -0.2) is 9.50 Å². The van der Waals surface area contributed by atoms with E-state index in [-0.39, 0.29) is 12.4 Å². The highest BCUT2D eigenvalue weighted by atomic mass is 79.9. The van der Waals surface area contributed by atoms with E-state index in [0.29, 0.717) is 5.92 Å². The summed E-state index contributed by atoms with van der Waals surface area (Å²) in [5.41, 5.74) is 2.16. The summed E-state index contributed by atoms with van der Waals surface area (Å²) >= 11 is 3.40. The average molecular weight is 318 g/mol. The summed E-state index contributed by atoms with van der Waals surface area (Å²) in [6.07, 6.45) is 4.33. The molecule has 3 rings (SSSR count). The molecular weight excluding hydrogens is 304 g/mol. The van der Waals surface area contributed by atoms with Crippen molar-refractivity contribution >= 4 is 34.0 Å². The summed E-state index contributed by atoms with van der Waals surface area (Å²) in [5.74, 6) is 0.547. The van der Waals surface area contributed by atoms with Crippen LogP contribution in [-0.2, 0) is 0 Å². The Morgan fingerprint density at radius 1 is 1.47 bits per heavy atom. The zero-order valence-corrected chi connectivity index (χ0v) is 11.7. The van der Waals surface area contributed by atoms with Crippen LogP contribution < -0.4 is 5.32 Å². The molecular formula is C11H14BrClN4. The van der Waals surface area contributed by atoms with E-state index in [2.05, 4.69) is 37.4 Å². The third kappa shape index (κ3) is 2.46. The van der Waals surface area contributed by atoms with Gasteiger partial charge >= 0.3 is 0 Å². The van der Waals surface area contributed by atoms with E-state index in [9.17, 15) is 0 Å². The molecule has 17 heavy (non-hydrogen) atoms. The van der Waals surface area contributed by atoms with Crippen LogP contribution in [0.5, 0.6) is 0 Å². The Morgan fingerprint density at radius 2 is 2.35 bits per heavy atom. The lowest BCUT2D eigenvalue weighted by Gasteiger charge is -2.23. The van der Waals surface area contributed by atoms with Gasteiger partial charge in [0.2, 0.25) is 0 Å². The maximum atomic E-state index is 4.43. The molecule has 6 heteroatoms. The summed E-state index contributed by atoms with van der Waals surface area (Å²) in [4.78, 5) is 4.31. The molecule has 1 saturated heterocycles. The van der Waals surface area contributed by atoms with Crippen molar-refractivity contribution in [2.75, 3.05) is 13.1 Å². The molecule has 2 aromatic rings. The van der Waals surface area contributed by atoms with E-state index >= 15 is 0 Å². The second-order valence-corrected chi connectivity index (χ2v) is 4.96. The average Bonchev–Trinajstić information content (AvgIpc) is 2.70. The highest BCUT2D eigenvalue weighted by molar-refractivity contribution is 9.10. The third-order valence-corrected chi connectivity index (χ3v) is 3.46. The van der Waals surface area contributed by atoms with Gasteiger partial charge in [-0.1, -0.05) is 0 Å². The number of nitrogens with one attached hydrogen (secondary N) is 1. The number of fused-ring (bicyclic) bond motifs is 1. The smallest absolute Gasteiger partial charge is 0.156 e.